The third-order valence-electron chi connectivity index (χ3n) is 8.90. The first-order chi connectivity index (χ1) is 22.8. The standard InChI is InChI=1S/C41H23N3O2/c1-2-11-25(12-3-1)39-42-40(27-20-21-35-31(23-27)29-14-6-8-16-33(29)45-35)44-41(43-39)32-22-26-19-18-24-10-4-5-13-28(24)36(26)38-37(32)30-15-7-9-17-34(30)46-38/h1-23H. The molecule has 0 unspecified atom stereocenters. The highest BCUT2D eigenvalue weighted by molar-refractivity contribution is 6.26. The fourth-order valence-corrected chi connectivity index (χ4v) is 6.76. The van der Waals surface area contributed by atoms with Gasteiger partial charge in [-0.25, -0.2) is 15.0 Å². The van der Waals surface area contributed by atoms with Crippen molar-refractivity contribution in [3.8, 4) is 34.2 Å². The van der Waals surface area contributed by atoms with Crippen molar-refractivity contribution in [2.45, 2.75) is 0 Å². The van der Waals surface area contributed by atoms with Gasteiger partial charge in [-0.3, -0.25) is 0 Å². The first kappa shape index (κ1) is 25.0. The van der Waals surface area contributed by atoms with Crippen LogP contribution < -0.4 is 0 Å². The zero-order chi connectivity index (χ0) is 30.2. The smallest absolute Gasteiger partial charge is 0.164 e. The van der Waals surface area contributed by atoms with Gasteiger partial charge in [-0.2, -0.15) is 0 Å². The van der Waals surface area contributed by atoms with Crippen LogP contribution in [-0.4, -0.2) is 15.0 Å². The fraction of sp³-hybridized carbons (Fsp3) is 0. The van der Waals surface area contributed by atoms with E-state index in [1.807, 2.05) is 78.9 Å². The molecule has 0 atom stereocenters. The Morgan fingerprint density at radius 1 is 0.370 bits per heavy atom. The highest BCUT2D eigenvalue weighted by Crippen LogP contribution is 2.43. The van der Waals surface area contributed by atoms with E-state index in [1.54, 1.807) is 0 Å². The number of rotatable bonds is 3. The van der Waals surface area contributed by atoms with Gasteiger partial charge in [0.15, 0.2) is 17.5 Å². The van der Waals surface area contributed by atoms with E-state index in [-0.39, 0.29) is 0 Å². The van der Waals surface area contributed by atoms with Crippen molar-refractivity contribution in [2.24, 2.45) is 0 Å². The zero-order valence-electron chi connectivity index (χ0n) is 24.4. The van der Waals surface area contributed by atoms with Crippen molar-refractivity contribution in [3.05, 3.63) is 140 Å². The molecule has 10 aromatic rings. The maximum atomic E-state index is 6.66. The molecule has 0 fully saturated rings. The van der Waals surface area contributed by atoms with E-state index in [9.17, 15) is 0 Å². The second-order valence-electron chi connectivity index (χ2n) is 11.6. The van der Waals surface area contributed by atoms with Crippen molar-refractivity contribution >= 4 is 65.4 Å². The summed E-state index contributed by atoms with van der Waals surface area (Å²) in [7, 11) is 0. The van der Waals surface area contributed by atoms with Crippen LogP contribution in [0.3, 0.4) is 0 Å². The Hall–Kier alpha value is -6.33. The van der Waals surface area contributed by atoms with Crippen LogP contribution in [0.1, 0.15) is 0 Å². The third kappa shape index (κ3) is 3.72. The monoisotopic (exact) mass is 589 g/mol. The van der Waals surface area contributed by atoms with Gasteiger partial charge in [-0.1, -0.05) is 103 Å². The summed E-state index contributed by atoms with van der Waals surface area (Å²) in [5, 5.41) is 8.57. The predicted octanol–water partition coefficient (Wildman–Crippen LogP) is 11.0. The van der Waals surface area contributed by atoms with Gasteiger partial charge in [0.2, 0.25) is 0 Å². The van der Waals surface area contributed by atoms with Crippen molar-refractivity contribution in [3.63, 3.8) is 0 Å². The second-order valence-corrected chi connectivity index (χ2v) is 11.6. The van der Waals surface area contributed by atoms with E-state index in [4.69, 9.17) is 23.8 Å². The molecule has 214 valence electrons. The average molecular weight is 590 g/mol. The Balaban J connectivity index is 1.30. The molecule has 0 spiro atoms. The summed E-state index contributed by atoms with van der Waals surface area (Å²) in [5.74, 6) is 1.79. The van der Waals surface area contributed by atoms with E-state index >= 15 is 0 Å². The van der Waals surface area contributed by atoms with Gasteiger partial charge in [0.1, 0.15) is 22.3 Å². The minimum atomic E-state index is 0.590. The molecule has 5 heteroatoms. The number of para-hydroxylation sites is 2. The first-order valence-electron chi connectivity index (χ1n) is 15.3. The van der Waals surface area contributed by atoms with Gasteiger partial charge in [0.25, 0.3) is 0 Å². The average Bonchev–Trinajstić information content (AvgIpc) is 3.70. The lowest BCUT2D eigenvalue weighted by Crippen LogP contribution is -2.00. The largest absolute Gasteiger partial charge is 0.456 e. The summed E-state index contributed by atoms with van der Waals surface area (Å²) >= 11 is 0. The Morgan fingerprint density at radius 3 is 1.85 bits per heavy atom. The zero-order valence-corrected chi connectivity index (χ0v) is 24.4. The summed E-state index contributed by atoms with van der Waals surface area (Å²) in [6, 6.07) is 47.5. The second kappa shape index (κ2) is 9.58. The normalized spacial score (nSPS) is 11.9. The van der Waals surface area contributed by atoms with Crippen LogP contribution in [0, 0.1) is 0 Å². The van der Waals surface area contributed by atoms with Gasteiger partial charge < -0.3 is 8.83 Å². The van der Waals surface area contributed by atoms with Crippen LogP contribution >= 0.6 is 0 Å². The molecule has 3 aromatic heterocycles. The van der Waals surface area contributed by atoms with Crippen LogP contribution in [0.4, 0.5) is 0 Å². The van der Waals surface area contributed by atoms with Gasteiger partial charge >= 0.3 is 0 Å². The molecule has 0 radical (unpaired) electrons. The fourth-order valence-electron chi connectivity index (χ4n) is 6.76. The molecule has 0 aliphatic carbocycles. The molecule has 10 rings (SSSR count). The lowest BCUT2D eigenvalue weighted by Gasteiger charge is -2.11. The highest BCUT2D eigenvalue weighted by atomic mass is 16.3. The van der Waals surface area contributed by atoms with Crippen LogP contribution in [0.2, 0.25) is 0 Å². The molecule has 0 saturated heterocycles. The molecule has 0 N–H and O–H groups in total. The number of hydrogen-bond acceptors (Lipinski definition) is 5. The van der Waals surface area contributed by atoms with E-state index < -0.39 is 0 Å². The molecule has 0 bridgehead atoms. The van der Waals surface area contributed by atoms with Crippen molar-refractivity contribution in [2.75, 3.05) is 0 Å². The summed E-state index contributed by atoms with van der Waals surface area (Å²) in [6.07, 6.45) is 0. The van der Waals surface area contributed by atoms with E-state index in [0.29, 0.717) is 17.5 Å². The molecule has 5 nitrogen and oxygen atoms in total. The minimum absolute atomic E-state index is 0.590. The Bertz CT molecular complexity index is 2810. The minimum Gasteiger partial charge on any atom is -0.456 e. The van der Waals surface area contributed by atoms with Gasteiger partial charge in [0.05, 0.1) is 0 Å². The molecule has 3 heterocycles. The SMILES string of the molecule is c1ccc(-c2nc(-c3ccc4oc5ccccc5c4c3)nc(-c3cc4ccc5ccccc5c4c4oc5ccccc5c34)n2)cc1. The molecule has 0 aliphatic rings. The summed E-state index contributed by atoms with van der Waals surface area (Å²) in [5.41, 5.74) is 6.06. The Kier molecular flexibility index (Phi) is 5.22. The number of furan rings is 2. The predicted molar refractivity (Wildman–Crippen MR) is 186 cm³/mol. The van der Waals surface area contributed by atoms with Crippen molar-refractivity contribution in [1.29, 1.82) is 0 Å². The summed E-state index contributed by atoms with van der Waals surface area (Å²) < 4.78 is 12.8. The molecule has 7 aromatic carbocycles. The van der Waals surface area contributed by atoms with Crippen LogP contribution in [-0.2, 0) is 0 Å². The number of benzene rings is 7. The quantitative estimate of drug-likeness (QED) is 0.192. The highest BCUT2D eigenvalue weighted by Gasteiger charge is 2.21. The van der Waals surface area contributed by atoms with Gasteiger partial charge in [-0.05, 0) is 52.6 Å². The summed E-state index contributed by atoms with van der Waals surface area (Å²) in [6.45, 7) is 0. The number of nitrogens with zero attached hydrogens (tertiary/aromatic N) is 3. The summed E-state index contributed by atoms with van der Waals surface area (Å²) in [4.78, 5) is 15.3. The lowest BCUT2D eigenvalue weighted by molar-refractivity contribution is 0.669. The van der Waals surface area contributed by atoms with Gasteiger partial charge in [-0.15, -0.1) is 0 Å². The molecular weight excluding hydrogens is 566 g/mol. The number of aromatic nitrogens is 3. The van der Waals surface area contributed by atoms with E-state index in [0.717, 1.165) is 76.7 Å². The van der Waals surface area contributed by atoms with E-state index in [1.165, 1.54) is 5.39 Å². The third-order valence-corrected chi connectivity index (χ3v) is 8.90. The molecular formula is C41H23N3O2. The maximum Gasteiger partial charge on any atom is 0.164 e. The van der Waals surface area contributed by atoms with Crippen molar-refractivity contribution < 1.29 is 8.83 Å². The Morgan fingerprint density at radius 2 is 1.00 bits per heavy atom. The molecule has 0 saturated carbocycles. The molecule has 0 amide bonds. The molecule has 46 heavy (non-hydrogen) atoms. The number of hydrogen-bond donors (Lipinski definition) is 0. The van der Waals surface area contributed by atoms with E-state index in [2.05, 4.69) is 60.7 Å². The number of fused-ring (bicyclic) bond motifs is 10. The van der Waals surface area contributed by atoms with Crippen LogP contribution in [0.5, 0.6) is 0 Å². The van der Waals surface area contributed by atoms with Crippen molar-refractivity contribution in [1.82, 2.24) is 15.0 Å². The first-order valence-corrected chi connectivity index (χ1v) is 15.3. The molecule has 0 aliphatic heterocycles. The van der Waals surface area contributed by atoms with Gasteiger partial charge in [0, 0.05) is 43.6 Å². The topological polar surface area (TPSA) is 65.0 Å². The Labute approximate surface area is 262 Å². The lowest BCUT2D eigenvalue weighted by atomic mass is 9.95. The van der Waals surface area contributed by atoms with Crippen LogP contribution in [0.15, 0.2) is 148 Å². The maximum absolute atomic E-state index is 6.66. The van der Waals surface area contributed by atoms with Crippen LogP contribution in [0.25, 0.3) is 99.6 Å².